The summed E-state index contributed by atoms with van der Waals surface area (Å²) in [7, 11) is 0. The van der Waals surface area contributed by atoms with E-state index in [1.54, 1.807) is 18.2 Å². The van der Waals surface area contributed by atoms with Crippen molar-refractivity contribution in [3.8, 4) is 11.5 Å². The third-order valence-corrected chi connectivity index (χ3v) is 2.98. The molecule has 1 aromatic carbocycles. The Morgan fingerprint density at radius 1 is 1.24 bits per heavy atom. The summed E-state index contributed by atoms with van der Waals surface area (Å²) in [6.45, 7) is 0. The van der Waals surface area contributed by atoms with Gasteiger partial charge in [0.15, 0.2) is 5.58 Å². The van der Waals surface area contributed by atoms with E-state index in [2.05, 4.69) is 4.98 Å². The van der Waals surface area contributed by atoms with Crippen LogP contribution in [0, 0.1) is 0 Å². The topological polar surface area (TPSA) is 65.2 Å². The molecule has 86 valence electrons. The number of aromatic nitrogens is 1. The maximum atomic E-state index is 5.90. The van der Waals surface area contributed by atoms with Gasteiger partial charge in [0.2, 0.25) is 11.1 Å². The Morgan fingerprint density at radius 2 is 2.06 bits per heavy atom. The molecule has 2 N–H and O–H groups in total. The molecule has 4 nitrogen and oxygen atoms in total. The highest BCUT2D eigenvalue weighted by molar-refractivity contribution is 6.33. The van der Waals surface area contributed by atoms with Crippen LogP contribution in [0.1, 0.15) is 0 Å². The van der Waals surface area contributed by atoms with Crippen LogP contribution >= 0.6 is 23.2 Å². The molecular weight excluding hydrogens is 263 g/mol. The zero-order valence-corrected chi connectivity index (χ0v) is 9.92. The monoisotopic (exact) mass is 268 g/mol. The van der Waals surface area contributed by atoms with Gasteiger partial charge >= 0.3 is 0 Å². The Kier molecular flexibility index (Phi) is 2.28. The Bertz CT molecular complexity index is 664. The highest BCUT2D eigenvalue weighted by Gasteiger charge is 2.14. The number of fused-ring (bicyclic) bond motifs is 1. The number of furan rings is 1. The Labute approximate surface area is 106 Å². The SMILES string of the molecule is Nc1cc2oc(-c3ccoc3Cl)nc2cc1Cl. The summed E-state index contributed by atoms with van der Waals surface area (Å²) in [5, 5.41) is 0.672. The maximum Gasteiger partial charge on any atom is 0.232 e. The van der Waals surface area contributed by atoms with Crippen molar-refractivity contribution in [2.24, 2.45) is 0 Å². The zero-order chi connectivity index (χ0) is 12.0. The molecule has 0 radical (unpaired) electrons. The lowest BCUT2D eigenvalue weighted by Crippen LogP contribution is -1.84. The average Bonchev–Trinajstić information content (AvgIpc) is 2.85. The van der Waals surface area contributed by atoms with Crippen molar-refractivity contribution in [1.29, 1.82) is 0 Å². The summed E-state index contributed by atoms with van der Waals surface area (Å²) in [6, 6.07) is 4.95. The average molecular weight is 269 g/mol. The van der Waals surface area contributed by atoms with Gasteiger partial charge in [-0.05, 0) is 23.7 Å². The quantitative estimate of drug-likeness (QED) is 0.678. The Hall–Kier alpha value is -1.65. The van der Waals surface area contributed by atoms with Gasteiger partial charge in [-0.3, -0.25) is 0 Å². The van der Waals surface area contributed by atoms with E-state index in [0.29, 0.717) is 33.3 Å². The van der Waals surface area contributed by atoms with Crippen LogP contribution in [-0.2, 0) is 0 Å². The first-order valence-electron chi connectivity index (χ1n) is 4.74. The molecule has 3 aromatic rings. The second kappa shape index (κ2) is 3.68. The Balaban J connectivity index is 2.24. The van der Waals surface area contributed by atoms with Gasteiger partial charge in [0, 0.05) is 6.07 Å². The second-order valence-electron chi connectivity index (χ2n) is 3.47. The number of hydrogen-bond acceptors (Lipinski definition) is 4. The predicted octanol–water partition coefficient (Wildman–Crippen LogP) is 3.98. The number of nitrogen functional groups attached to an aromatic ring is 1. The zero-order valence-electron chi connectivity index (χ0n) is 8.41. The number of benzene rings is 1. The lowest BCUT2D eigenvalue weighted by Gasteiger charge is -1.94. The van der Waals surface area contributed by atoms with E-state index in [1.807, 2.05) is 0 Å². The molecule has 3 rings (SSSR count). The minimum absolute atomic E-state index is 0.232. The molecule has 2 heterocycles. The molecule has 0 aliphatic carbocycles. The van der Waals surface area contributed by atoms with Gasteiger partial charge in [-0.25, -0.2) is 4.98 Å². The van der Waals surface area contributed by atoms with Crippen LogP contribution in [0.25, 0.3) is 22.6 Å². The Morgan fingerprint density at radius 3 is 2.76 bits per heavy atom. The standard InChI is InChI=1S/C11H6Cl2N2O2/c12-6-3-8-9(4-7(6)14)17-11(15-8)5-1-2-16-10(5)13/h1-4H,14H2. The molecule has 0 unspecified atom stereocenters. The lowest BCUT2D eigenvalue weighted by atomic mass is 10.3. The van der Waals surface area contributed by atoms with Gasteiger partial charge in [-0.2, -0.15) is 0 Å². The van der Waals surface area contributed by atoms with Gasteiger partial charge in [-0.15, -0.1) is 0 Å². The number of nitrogens with zero attached hydrogens (tertiary/aromatic N) is 1. The van der Waals surface area contributed by atoms with Crippen LogP contribution in [0.3, 0.4) is 0 Å². The molecule has 0 amide bonds. The van der Waals surface area contributed by atoms with E-state index in [9.17, 15) is 0 Å². The summed E-state index contributed by atoms with van der Waals surface area (Å²) in [6.07, 6.45) is 1.47. The highest BCUT2D eigenvalue weighted by Crippen LogP contribution is 2.33. The largest absolute Gasteiger partial charge is 0.452 e. The van der Waals surface area contributed by atoms with Crippen LogP contribution < -0.4 is 5.73 Å². The molecular formula is C11H6Cl2N2O2. The number of halogens is 2. The molecule has 0 fully saturated rings. The summed E-state index contributed by atoms with van der Waals surface area (Å²) >= 11 is 11.7. The highest BCUT2D eigenvalue weighted by atomic mass is 35.5. The molecule has 0 saturated carbocycles. The molecule has 0 spiro atoms. The minimum Gasteiger partial charge on any atom is -0.452 e. The number of nitrogens with two attached hydrogens (primary N) is 1. The third-order valence-electron chi connectivity index (χ3n) is 2.36. The summed E-state index contributed by atoms with van der Waals surface area (Å²) in [5.41, 5.74) is 7.90. The first kappa shape index (κ1) is 10.5. The molecule has 6 heteroatoms. The summed E-state index contributed by atoms with van der Waals surface area (Å²) < 4.78 is 10.5. The fraction of sp³-hybridized carbons (Fsp3) is 0. The number of hydrogen-bond donors (Lipinski definition) is 1. The van der Waals surface area contributed by atoms with E-state index in [0.717, 1.165) is 0 Å². The number of rotatable bonds is 1. The van der Waals surface area contributed by atoms with Crippen molar-refractivity contribution in [3.05, 3.63) is 34.7 Å². The van der Waals surface area contributed by atoms with Crippen molar-refractivity contribution in [3.63, 3.8) is 0 Å². The van der Waals surface area contributed by atoms with Gasteiger partial charge in [0.1, 0.15) is 5.52 Å². The van der Waals surface area contributed by atoms with E-state index >= 15 is 0 Å². The van der Waals surface area contributed by atoms with E-state index in [1.165, 1.54) is 6.26 Å². The molecule has 2 aromatic heterocycles. The molecule has 0 saturated heterocycles. The molecule has 17 heavy (non-hydrogen) atoms. The van der Waals surface area contributed by atoms with Crippen molar-refractivity contribution in [2.45, 2.75) is 0 Å². The van der Waals surface area contributed by atoms with Crippen molar-refractivity contribution in [2.75, 3.05) is 5.73 Å². The minimum atomic E-state index is 0.232. The van der Waals surface area contributed by atoms with Gasteiger partial charge in [-0.1, -0.05) is 11.6 Å². The van der Waals surface area contributed by atoms with Crippen molar-refractivity contribution in [1.82, 2.24) is 4.98 Å². The summed E-state index contributed by atoms with van der Waals surface area (Å²) in [5.74, 6) is 0.375. The van der Waals surface area contributed by atoms with Gasteiger partial charge in [0.25, 0.3) is 0 Å². The maximum absolute atomic E-state index is 5.90. The van der Waals surface area contributed by atoms with Gasteiger partial charge < -0.3 is 14.6 Å². The molecule has 0 aliphatic rings. The van der Waals surface area contributed by atoms with E-state index in [4.69, 9.17) is 37.8 Å². The normalized spacial score (nSPS) is 11.2. The predicted molar refractivity (Wildman–Crippen MR) is 66.1 cm³/mol. The molecule has 0 aliphatic heterocycles. The first-order valence-corrected chi connectivity index (χ1v) is 5.49. The van der Waals surface area contributed by atoms with Crippen LogP contribution in [-0.4, -0.2) is 4.98 Å². The van der Waals surface area contributed by atoms with Crippen LogP contribution in [0.15, 0.2) is 33.3 Å². The third kappa shape index (κ3) is 1.66. The molecule has 0 atom stereocenters. The molecule has 0 bridgehead atoms. The van der Waals surface area contributed by atoms with Gasteiger partial charge in [0.05, 0.1) is 22.5 Å². The fourth-order valence-corrected chi connectivity index (χ4v) is 1.88. The number of oxazole rings is 1. The van der Waals surface area contributed by atoms with Crippen LogP contribution in [0.5, 0.6) is 0 Å². The second-order valence-corrected chi connectivity index (χ2v) is 4.22. The van der Waals surface area contributed by atoms with Crippen molar-refractivity contribution >= 4 is 40.0 Å². The number of anilines is 1. The van der Waals surface area contributed by atoms with E-state index < -0.39 is 0 Å². The summed E-state index contributed by atoms with van der Waals surface area (Å²) in [4.78, 5) is 4.27. The lowest BCUT2D eigenvalue weighted by molar-refractivity contribution is 0.566. The first-order chi connectivity index (χ1) is 8.15. The van der Waals surface area contributed by atoms with E-state index in [-0.39, 0.29) is 5.22 Å². The van der Waals surface area contributed by atoms with Crippen molar-refractivity contribution < 1.29 is 8.83 Å². The van der Waals surface area contributed by atoms with Crippen LogP contribution in [0.2, 0.25) is 10.2 Å². The fourth-order valence-electron chi connectivity index (χ4n) is 1.53. The van der Waals surface area contributed by atoms with Crippen LogP contribution in [0.4, 0.5) is 5.69 Å². The smallest absolute Gasteiger partial charge is 0.232 e.